The highest BCUT2D eigenvalue weighted by Crippen LogP contribution is 2.25. The minimum absolute atomic E-state index is 0.176. The molecular weight excluding hydrogens is 340 g/mol. The van der Waals surface area contributed by atoms with Crippen molar-refractivity contribution in [2.45, 2.75) is 13.5 Å². The standard InChI is InChI=1S/C22H18N2O3/c1-15-4-10-19-20(13-15)27-22(24-19)17-7-5-16(6-8-17)14-23-21(25)11-9-18-3-2-12-26-18/h2-13H,14H2,1H3,(H,23,25)/b11-9+. The van der Waals surface area contributed by atoms with Crippen LogP contribution in [0, 0.1) is 6.92 Å². The van der Waals surface area contributed by atoms with Gasteiger partial charge in [0, 0.05) is 18.2 Å². The Morgan fingerprint density at radius 2 is 2.00 bits per heavy atom. The molecule has 1 amide bonds. The smallest absolute Gasteiger partial charge is 0.244 e. The van der Waals surface area contributed by atoms with E-state index in [2.05, 4.69) is 10.3 Å². The number of carbonyl (C=O) groups excluding carboxylic acids is 1. The first-order valence-corrected chi connectivity index (χ1v) is 8.63. The van der Waals surface area contributed by atoms with Crippen LogP contribution >= 0.6 is 0 Å². The van der Waals surface area contributed by atoms with E-state index in [1.165, 1.54) is 6.08 Å². The molecular formula is C22H18N2O3. The van der Waals surface area contributed by atoms with Crippen LogP contribution in [0.2, 0.25) is 0 Å². The van der Waals surface area contributed by atoms with E-state index in [-0.39, 0.29) is 5.91 Å². The van der Waals surface area contributed by atoms with E-state index in [9.17, 15) is 4.79 Å². The lowest BCUT2D eigenvalue weighted by molar-refractivity contribution is -0.116. The molecule has 5 nitrogen and oxygen atoms in total. The first-order valence-electron chi connectivity index (χ1n) is 8.63. The number of nitrogens with one attached hydrogen (secondary N) is 1. The molecule has 0 aliphatic rings. The van der Waals surface area contributed by atoms with E-state index in [0.29, 0.717) is 18.2 Å². The fraction of sp³-hybridized carbons (Fsp3) is 0.0909. The monoisotopic (exact) mass is 358 g/mol. The maximum atomic E-state index is 11.9. The molecule has 134 valence electrons. The Morgan fingerprint density at radius 3 is 2.78 bits per heavy atom. The van der Waals surface area contributed by atoms with E-state index >= 15 is 0 Å². The average Bonchev–Trinajstić information content (AvgIpc) is 3.34. The molecule has 0 saturated carbocycles. The number of rotatable bonds is 5. The summed E-state index contributed by atoms with van der Waals surface area (Å²) in [5, 5.41) is 2.84. The van der Waals surface area contributed by atoms with E-state index in [1.54, 1.807) is 24.5 Å². The van der Waals surface area contributed by atoms with E-state index in [4.69, 9.17) is 8.83 Å². The van der Waals surface area contributed by atoms with Gasteiger partial charge in [0.1, 0.15) is 11.3 Å². The van der Waals surface area contributed by atoms with Gasteiger partial charge in [0.2, 0.25) is 11.8 Å². The lowest BCUT2D eigenvalue weighted by Crippen LogP contribution is -2.20. The van der Waals surface area contributed by atoms with Crippen molar-refractivity contribution >= 4 is 23.1 Å². The highest BCUT2D eigenvalue weighted by atomic mass is 16.3. The molecule has 2 aromatic heterocycles. The maximum Gasteiger partial charge on any atom is 0.244 e. The van der Waals surface area contributed by atoms with Crippen molar-refractivity contribution in [2.75, 3.05) is 0 Å². The average molecular weight is 358 g/mol. The number of fused-ring (bicyclic) bond motifs is 1. The molecule has 0 atom stereocenters. The second-order valence-corrected chi connectivity index (χ2v) is 6.25. The van der Waals surface area contributed by atoms with Crippen LogP contribution in [0.4, 0.5) is 0 Å². The minimum Gasteiger partial charge on any atom is -0.465 e. The zero-order chi connectivity index (χ0) is 18.6. The number of oxazole rings is 1. The fourth-order valence-electron chi connectivity index (χ4n) is 2.71. The van der Waals surface area contributed by atoms with Crippen LogP contribution in [0.3, 0.4) is 0 Å². The van der Waals surface area contributed by atoms with E-state index in [1.807, 2.05) is 49.4 Å². The van der Waals surface area contributed by atoms with Gasteiger partial charge < -0.3 is 14.2 Å². The van der Waals surface area contributed by atoms with Crippen LogP contribution in [0.1, 0.15) is 16.9 Å². The van der Waals surface area contributed by atoms with Gasteiger partial charge in [0.25, 0.3) is 0 Å². The van der Waals surface area contributed by atoms with E-state index in [0.717, 1.165) is 27.8 Å². The minimum atomic E-state index is -0.176. The molecule has 0 spiro atoms. The van der Waals surface area contributed by atoms with Gasteiger partial charge >= 0.3 is 0 Å². The summed E-state index contributed by atoms with van der Waals surface area (Å²) in [5.74, 6) is 1.06. The molecule has 0 unspecified atom stereocenters. The summed E-state index contributed by atoms with van der Waals surface area (Å²) in [4.78, 5) is 16.4. The summed E-state index contributed by atoms with van der Waals surface area (Å²) in [5.41, 5.74) is 4.65. The molecule has 0 aliphatic heterocycles. The summed E-state index contributed by atoms with van der Waals surface area (Å²) >= 11 is 0. The summed E-state index contributed by atoms with van der Waals surface area (Å²) in [6.45, 7) is 2.46. The topological polar surface area (TPSA) is 68.3 Å². The lowest BCUT2D eigenvalue weighted by atomic mass is 10.1. The molecule has 0 aliphatic carbocycles. The van der Waals surface area contributed by atoms with Crippen LogP contribution < -0.4 is 5.32 Å². The molecule has 1 N–H and O–H groups in total. The van der Waals surface area contributed by atoms with Crippen molar-refractivity contribution in [1.82, 2.24) is 10.3 Å². The number of hydrogen-bond acceptors (Lipinski definition) is 4. The van der Waals surface area contributed by atoms with Crippen LogP contribution in [0.15, 0.2) is 75.8 Å². The summed E-state index contributed by atoms with van der Waals surface area (Å²) in [6, 6.07) is 17.3. The first-order chi connectivity index (χ1) is 13.2. The number of furan rings is 1. The molecule has 2 heterocycles. The van der Waals surface area contributed by atoms with E-state index < -0.39 is 0 Å². The summed E-state index contributed by atoms with van der Waals surface area (Å²) in [6.07, 6.45) is 4.65. The first kappa shape index (κ1) is 16.8. The van der Waals surface area contributed by atoms with Crippen LogP contribution in [-0.2, 0) is 11.3 Å². The van der Waals surface area contributed by atoms with Gasteiger partial charge in [-0.15, -0.1) is 0 Å². The number of amides is 1. The third-order valence-electron chi connectivity index (χ3n) is 4.15. The normalized spacial score (nSPS) is 11.3. The van der Waals surface area contributed by atoms with Crippen molar-refractivity contribution in [3.05, 3.63) is 83.8 Å². The Balaban J connectivity index is 1.40. The molecule has 27 heavy (non-hydrogen) atoms. The quantitative estimate of drug-likeness (QED) is 0.524. The predicted octanol–water partition coefficient (Wildman–Crippen LogP) is 4.73. The van der Waals surface area contributed by atoms with Crippen molar-refractivity contribution < 1.29 is 13.6 Å². The molecule has 0 bridgehead atoms. The Hall–Kier alpha value is -3.60. The van der Waals surface area contributed by atoms with Gasteiger partial charge in [-0.3, -0.25) is 4.79 Å². The SMILES string of the molecule is Cc1ccc2nc(-c3ccc(CNC(=O)/C=C/c4ccco4)cc3)oc2c1. The van der Waals surface area contributed by atoms with Gasteiger partial charge in [0.05, 0.1) is 6.26 Å². The second kappa shape index (κ2) is 7.33. The number of aryl methyl sites for hydroxylation is 1. The van der Waals surface area contributed by atoms with Gasteiger partial charge in [-0.2, -0.15) is 0 Å². The number of benzene rings is 2. The summed E-state index contributed by atoms with van der Waals surface area (Å²) in [7, 11) is 0. The third-order valence-corrected chi connectivity index (χ3v) is 4.15. The molecule has 0 saturated heterocycles. The van der Waals surface area contributed by atoms with Crippen LogP contribution in [0.5, 0.6) is 0 Å². The maximum absolute atomic E-state index is 11.9. The lowest BCUT2D eigenvalue weighted by Gasteiger charge is -2.03. The van der Waals surface area contributed by atoms with Crippen LogP contribution in [-0.4, -0.2) is 10.9 Å². The Labute approximate surface area is 156 Å². The number of aromatic nitrogens is 1. The highest BCUT2D eigenvalue weighted by molar-refractivity contribution is 5.91. The van der Waals surface area contributed by atoms with Gasteiger partial charge in [-0.1, -0.05) is 18.2 Å². The van der Waals surface area contributed by atoms with Gasteiger partial charge in [0.15, 0.2) is 5.58 Å². The fourth-order valence-corrected chi connectivity index (χ4v) is 2.71. The zero-order valence-corrected chi connectivity index (χ0v) is 14.8. The highest BCUT2D eigenvalue weighted by Gasteiger charge is 2.08. The van der Waals surface area contributed by atoms with Gasteiger partial charge in [-0.25, -0.2) is 4.98 Å². The summed E-state index contributed by atoms with van der Waals surface area (Å²) < 4.78 is 11.0. The predicted molar refractivity (Wildman–Crippen MR) is 104 cm³/mol. The van der Waals surface area contributed by atoms with Crippen molar-refractivity contribution in [3.8, 4) is 11.5 Å². The zero-order valence-electron chi connectivity index (χ0n) is 14.8. The molecule has 0 radical (unpaired) electrons. The molecule has 2 aromatic carbocycles. The molecule has 4 aromatic rings. The Bertz CT molecular complexity index is 1090. The molecule has 4 rings (SSSR count). The van der Waals surface area contributed by atoms with Crippen molar-refractivity contribution in [1.29, 1.82) is 0 Å². The van der Waals surface area contributed by atoms with Crippen LogP contribution in [0.25, 0.3) is 28.6 Å². The molecule has 5 heteroatoms. The number of hydrogen-bond donors (Lipinski definition) is 1. The Kier molecular flexibility index (Phi) is 4.58. The largest absolute Gasteiger partial charge is 0.465 e. The Morgan fingerprint density at radius 1 is 1.15 bits per heavy atom. The number of carbonyl (C=O) groups is 1. The van der Waals surface area contributed by atoms with Crippen molar-refractivity contribution in [2.24, 2.45) is 0 Å². The van der Waals surface area contributed by atoms with Gasteiger partial charge in [-0.05, 0) is 60.5 Å². The third kappa shape index (κ3) is 3.98. The number of nitrogens with zero attached hydrogens (tertiary/aromatic N) is 1. The molecule has 0 fully saturated rings. The van der Waals surface area contributed by atoms with Crippen molar-refractivity contribution in [3.63, 3.8) is 0 Å². The second-order valence-electron chi connectivity index (χ2n) is 6.25.